The van der Waals surface area contributed by atoms with Crippen LogP contribution in [-0.2, 0) is 9.59 Å². The van der Waals surface area contributed by atoms with Gasteiger partial charge in [0, 0.05) is 13.0 Å². The number of hydrogen-bond acceptors (Lipinski definition) is 3. The van der Waals surface area contributed by atoms with E-state index in [1.165, 1.54) is 31.3 Å². The summed E-state index contributed by atoms with van der Waals surface area (Å²) in [6.45, 7) is 20.0. The molecule has 0 spiro atoms. The first-order chi connectivity index (χ1) is 20.6. The van der Waals surface area contributed by atoms with E-state index in [9.17, 15) is 14.7 Å². The normalized spacial score (nSPS) is 44.1. The van der Waals surface area contributed by atoms with Crippen LogP contribution in [0.1, 0.15) is 151 Å². The molecule has 5 rings (SSSR count). The smallest absolute Gasteiger partial charge is 0.303 e. The van der Waals surface area contributed by atoms with Gasteiger partial charge in [0.1, 0.15) is 0 Å². The fraction of sp³-hybridized carbons (Fsp3) is 0.897. The number of aliphatic hydroxyl groups is 1. The molecule has 5 fully saturated rings. The lowest BCUT2D eigenvalue weighted by Gasteiger charge is -2.72. The molecule has 5 saturated carbocycles. The highest BCUT2D eigenvalue weighted by atomic mass is 16.4. The lowest BCUT2D eigenvalue weighted by atomic mass is 9.32. The maximum Gasteiger partial charge on any atom is 0.303 e. The van der Waals surface area contributed by atoms with E-state index >= 15 is 0 Å². The number of allylic oxidation sites excluding steroid dienone is 1. The highest BCUT2D eigenvalue weighted by molar-refractivity contribution is 5.83. The van der Waals surface area contributed by atoms with Crippen molar-refractivity contribution in [1.29, 1.82) is 0 Å². The Hall–Kier alpha value is -1.36. The van der Waals surface area contributed by atoms with E-state index in [0.717, 1.165) is 83.6 Å². The standard InChI is InChI=1S/C39H65NO4/c1-26(2)27-17-22-39(34(44)40-25-13-11-9-8-10-12-14-32(42)43)24-23-37(6)28(33(27)39)15-16-30-36(5)20-19-31(41)35(3,4)29(36)18-21-38(30,37)7/h27-31,33,41H,1,8-25H2,2-7H3,(H,40,44)(H,42,43)/t27-,28+,29-,30+,31-,33+,36-,37+,38+,39-/m0/s1. The number of rotatable bonds is 11. The van der Waals surface area contributed by atoms with Gasteiger partial charge in [-0.25, -0.2) is 0 Å². The van der Waals surface area contributed by atoms with E-state index in [1.54, 1.807) is 0 Å². The largest absolute Gasteiger partial charge is 0.481 e. The molecule has 1 amide bonds. The molecule has 0 aliphatic heterocycles. The number of aliphatic carboxylic acids is 1. The zero-order chi connectivity index (χ0) is 32.1. The van der Waals surface area contributed by atoms with Gasteiger partial charge in [-0.1, -0.05) is 72.5 Å². The summed E-state index contributed by atoms with van der Waals surface area (Å²) in [5.41, 5.74) is 1.75. The first-order valence-electron chi connectivity index (χ1n) is 18.5. The molecule has 0 aromatic heterocycles. The minimum atomic E-state index is -0.702. The van der Waals surface area contributed by atoms with Crippen LogP contribution in [0.25, 0.3) is 0 Å². The third kappa shape index (κ3) is 5.31. The average Bonchev–Trinajstić information content (AvgIpc) is 3.36. The first-order valence-corrected chi connectivity index (χ1v) is 18.5. The number of carbonyl (C=O) groups excluding carboxylic acids is 1. The van der Waals surface area contributed by atoms with Crippen molar-refractivity contribution in [2.24, 2.45) is 56.7 Å². The number of aliphatic hydroxyl groups excluding tert-OH is 1. The van der Waals surface area contributed by atoms with Crippen LogP contribution in [0.4, 0.5) is 0 Å². The maximum atomic E-state index is 14.3. The van der Waals surface area contributed by atoms with Crippen LogP contribution in [0.3, 0.4) is 0 Å². The van der Waals surface area contributed by atoms with Crippen molar-refractivity contribution < 1.29 is 19.8 Å². The second-order valence-corrected chi connectivity index (χ2v) is 17.7. The molecule has 3 N–H and O–H groups in total. The van der Waals surface area contributed by atoms with E-state index < -0.39 is 5.97 Å². The van der Waals surface area contributed by atoms with Gasteiger partial charge in [-0.2, -0.15) is 0 Å². The zero-order valence-electron chi connectivity index (χ0n) is 29.1. The Morgan fingerprint density at radius 1 is 0.773 bits per heavy atom. The number of nitrogens with one attached hydrogen (secondary N) is 1. The average molecular weight is 612 g/mol. The van der Waals surface area contributed by atoms with Gasteiger partial charge in [0.15, 0.2) is 0 Å². The fourth-order valence-electron chi connectivity index (χ4n) is 13.0. The Bertz CT molecular complexity index is 1100. The number of hydrogen-bond donors (Lipinski definition) is 3. The molecule has 0 aromatic carbocycles. The van der Waals surface area contributed by atoms with Gasteiger partial charge >= 0.3 is 5.97 Å². The second kappa shape index (κ2) is 12.3. The fourth-order valence-corrected chi connectivity index (χ4v) is 13.0. The van der Waals surface area contributed by atoms with Crippen LogP contribution < -0.4 is 5.32 Å². The predicted molar refractivity (Wildman–Crippen MR) is 178 cm³/mol. The Balaban J connectivity index is 1.30. The summed E-state index contributed by atoms with van der Waals surface area (Å²) in [6, 6.07) is 0. The van der Waals surface area contributed by atoms with Crippen molar-refractivity contribution in [2.45, 2.75) is 157 Å². The third-order valence-electron chi connectivity index (χ3n) is 15.6. The van der Waals surface area contributed by atoms with Crippen LogP contribution in [0.15, 0.2) is 12.2 Å². The maximum absolute atomic E-state index is 14.3. The molecular weight excluding hydrogens is 546 g/mol. The van der Waals surface area contributed by atoms with Crippen molar-refractivity contribution in [1.82, 2.24) is 5.32 Å². The summed E-state index contributed by atoms with van der Waals surface area (Å²) in [7, 11) is 0. The molecule has 5 heteroatoms. The SMILES string of the molecule is C=C(C)[C@@H]1CC[C@]2(C(=O)NCCCCCCCCC(=O)O)CC[C@]3(C)[C@H](CC[C@@H]4[C@@]5(C)CC[C@H](O)C(C)(C)[C@@H]5CC[C@]43C)[C@@H]12. The van der Waals surface area contributed by atoms with Crippen LogP contribution in [0, 0.1) is 56.7 Å². The van der Waals surface area contributed by atoms with Gasteiger partial charge in [-0.3, -0.25) is 9.59 Å². The van der Waals surface area contributed by atoms with Crippen molar-refractivity contribution in [3.63, 3.8) is 0 Å². The molecule has 44 heavy (non-hydrogen) atoms. The van der Waals surface area contributed by atoms with Gasteiger partial charge in [-0.15, -0.1) is 0 Å². The summed E-state index contributed by atoms with van der Waals surface area (Å²) >= 11 is 0. The number of carbonyl (C=O) groups is 2. The quantitative estimate of drug-likeness (QED) is 0.161. The summed E-state index contributed by atoms with van der Waals surface area (Å²) in [4.78, 5) is 25.0. The van der Waals surface area contributed by atoms with E-state index in [4.69, 9.17) is 5.11 Å². The molecule has 0 aromatic rings. The van der Waals surface area contributed by atoms with Gasteiger partial charge in [0.05, 0.1) is 11.5 Å². The Morgan fingerprint density at radius 2 is 1.45 bits per heavy atom. The van der Waals surface area contributed by atoms with Crippen molar-refractivity contribution in [2.75, 3.05) is 6.54 Å². The molecule has 0 saturated heterocycles. The van der Waals surface area contributed by atoms with Crippen LogP contribution in [-0.4, -0.2) is 34.7 Å². The Kier molecular flexibility index (Phi) is 9.54. The van der Waals surface area contributed by atoms with E-state index in [2.05, 4.69) is 53.4 Å². The number of carboxylic acids is 1. The van der Waals surface area contributed by atoms with Gasteiger partial charge < -0.3 is 15.5 Å². The van der Waals surface area contributed by atoms with Gasteiger partial charge in [0.2, 0.25) is 5.91 Å². The third-order valence-corrected chi connectivity index (χ3v) is 15.6. The summed E-state index contributed by atoms with van der Waals surface area (Å²) in [5.74, 6) is 2.25. The van der Waals surface area contributed by atoms with Gasteiger partial charge in [-0.05, 0) is 135 Å². The highest BCUT2D eigenvalue weighted by Gasteiger charge is 2.71. The zero-order valence-corrected chi connectivity index (χ0v) is 29.1. The molecule has 250 valence electrons. The first kappa shape index (κ1) is 34.0. The monoisotopic (exact) mass is 611 g/mol. The Morgan fingerprint density at radius 3 is 2.14 bits per heavy atom. The molecule has 5 nitrogen and oxygen atoms in total. The molecule has 0 heterocycles. The van der Waals surface area contributed by atoms with Crippen LogP contribution in [0.5, 0.6) is 0 Å². The second-order valence-electron chi connectivity index (χ2n) is 17.7. The number of amides is 1. The number of fused-ring (bicyclic) bond motifs is 7. The topological polar surface area (TPSA) is 86.6 Å². The van der Waals surface area contributed by atoms with Crippen molar-refractivity contribution in [3.8, 4) is 0 Å². The number of carboxylic acid groups (broad SMARTS) is 1. The molecule has 5 aliphatic rings. The van der Waals surface area contributed by atoms with Crippen molar-refractivity contribution >= 4 is 11.9 Å². The van der Waals surface area contributed by atoms with Crippen LogP contribution in [0.2, 0.25) is 0 Å². The summed E-state index contributed by atoms with van der Waals surface area (Å²) in [5, 5.41) is 23.3. The van der Waals surface area contributed by atoms with E-state index in [0.29, 0.717) is 35.5 Å². The Labute approximate surface area is 268 Å². The minimum absolute atomic E-state index is 0.0251. The molecular formula is C39H65NO4. The molecule has 0 radical (unpaired) electrons. The molecule has 10 atom stereocenters. The lowest BCUT2D eigenvalue weighted by Crippen LogP contribution is -2.67. The predicted octanol–water partition coefficient (Wildman–Crippen LogP) is 8.94. The van der Waals surface area contributed by atoms with E-state index in [-0.39, 0.29) is 39.6 Å². The van der Waals surface area contributed by atoms with E-state index in [1.807, 2.05) is 0 Å². The minimum Gasteiger partial charge on any atom is -0.481 e. The van der Waals surface area contributed by atoms with Crippen LogP contribution >= 0.6 is 0 Å². The molecule has 5 aliphatic carbocycles. The lowest BCUT2D eigenvalue weighted by molar-refractivity contribution is -0.246. The summed E-state index contributed by atoms with van der Waals surface area (Å²) in [6.07, 6.45) is 17.4. The highest BCUT2D eigenvalue weighted by Crippen LogP contribution is 2.77. The summed E-state index contributed by atoms with van der Waals surface area (Å²) < 4.78 is 0. The molecule has 0 bridgehead atoms. The molecule has 0 unspecified atom stereocenters. The number of unbranched alkanes of at least 4 members (excludes halogenated alkanes) is 5. The van der Waals surface area contributed by atoms with Gasteiger partial charge in [0.25, 0.3) is 0 Å². The van der Waals surface area contributed by atoms with Crippen molar-refractivity contribution in [3.05, 3.63) is 12.2 Å².